The fourth-order valence-electron chi connectivity index (χ4n) is 4.05. The van der Waals surface area contributed by atoms with Crippen molar-refractivity contribution in [1.29, 1.82) is 0 Å². The van der Waals surface area contributed by atoms with Gasteiger partial charge in [-0.3, -0.25) is 14.7 Å². The normalized spacial score (nSPS) is 14.6. The molecule has 1 fully saturated rings. The standard InChI is InChI=1S/C25H23N5O/c31-20-9-12-30(13-10-20)16-19-4-1-2-6-21(19)24-14-25(28-17-27-24)29-23-7-3-5-18-15-26-11-8-22(18)23/h1-8,11,14-15,17H,9-10,12-13,16H2,(H,27,28,29). The minimum atomic E-state index is 0.361. The van der Waals surface area contributed by atoms with Crippen molar-refractivity contribution < 1.29 is 4.79 Å². The Labute approximate surface area is 181 Å². The number of ketones is 1. The Balaban J connectivity index is 1.42. The van der Waals surface area contributed by atoms with E-state index in [2.05, 4.69) is 43.4 Å². The third-order valence-electron chi connectivity index (χ3n) is 5.71. The summed E-state index contributed by atoms with van der Waals surface area (Å²) in [5.41, 5.74) is 4.16. The average molecular weight is 409 g/mol. The first-order valence-corrected chi connectivity index (χ1v) is 10.5. The fourth-order valence-corrected chi connectivity index (χ4v) is 4.05. The van der Waals surface area contributed by atoms with Crippen molar-refractivity contribution in [2.45, 2.75) is 19.4 Å². The molecule has 0 amide bonds. The molecule has 6 nitrogen and oxygen atoms in total. The van der Waals surface area contributed by atoms with E-state index < -0.39 is 0 Å². The van der Waals surface area contributed by atoms with Gasteiger partial charge in [-0.05, 0) is 17.7 Å². The van der Waals surface area contributed by atoms with E-state index in [1.807, 2.05) is 42.6 Å². The molecule has 0 spiro atoms. The first-order valence-electron chi connectivity index (χ1n) is 10.5. The van der Waals surface area contributed by atoms with Crippen LogP contribution < -0.4 is 5.32 Å². The number of carbonyl (C=O) groups is 1. The molecule has 2 aromatic heterocycles. The van der Waals surface area contributed by atoms with Gasteiger partial charge in [-0.25, -0.2) is 9.97 Å². The van der Waals surface area contributed by atoms with Gasteiger partial charge in [0.15, 0.2) is 0 Å². The topological polar surface area (TPSA) is 71.0 Å². The predicted molar refractivity (Wildman–Crippen MR) is 122 cm³/mol. The molecule has 4 aromatic rings. The molecule has 6 heteroatoms. The summed E-state index contributed by atoms with van der Waals surface area (Å²) in [5, 5.41) is 5.61. The SMILES string of the molecule is O=C1CCN(Cc2ccccc2-c2cc(Nc3cccc4cnccc34)ncn2)CC1. The summed E-state index contributed by atoms with van der Waals surface area (Å²) >= 11 is 0. The summed E-state index contributed by atoms with van der Waals surface area (Å²) in [6, 6.07) is 18.4. The Bertz CT molecular complexity index is 1220. The zero-order chi connectivity index (χ0) is 21.0. The van der Waals surface area contributed by atoms with Gasteiger partial charge in [0.25, 0.3) is 0 Å². The summed E-state index contributed by atoms with van der Waals surface area (Å²) in [6.45, 7) is 2.45. The van der Waals surface area contributed by atoms with Crippen molar-refractivity contribution in [3.05, 3.63) is 78.9 Å². The molecule has 31 heavy (non-hydrogen) atoms. The number of nitrogens with zero attached hydrogens (tertiary/aromatic N) is 4. The average Bonchev–Trinajstić information content (AvgIpc) is 2.81. The highest BCUT2D eigenvalue weighted by Crippen LogP contribution is 2.28. The van der Waals surface area contributed by atoms with E-state index in [9.17, 15) is 4.79 Å². The Morgan fingerprint density at radius 1 is 0.968 bits per heavy atom. The first kappa shape index (κ1) is 19.3. The lowest BCUT2D eigenvalue weighted by atomic mass is 10.0. The predicted octanol–water partition coefficient (Wildman–Crippen LogP) is 4.60. The molecule has 1 N–H and O–H groups in total. The number of benzene rings is 2. The van der Waals surface area contributed by atoms with Crippen molar-refractivity contribution in [2.24, 2.45) is 0 Å². The van der Waals surface area contributed by atoms with E-state index in [4.69, 9.17) is 0 Å². The fraction of sp³-hybridized carbons (Fsp3) is 0.200. The Hall–Kier alpha value is -3.64. The van der Waals surface area contributed by atoms with Crippen LogP contribution in [0.4, 0.5) is 11.5 Å². The third kappa shape index (κ3) is 4.29. The molecule has 0 aliphatic carbocycles. The van der Waals surface area contributed by atoms with Gasteiger partial charge in [0.2, 0.25) is 0 Å². The van der Waals surface area contributed by atoms with Gasteiger partial charge in [-0.2, -0.15) is 0 Å². The number of anilines is 2. The van der Waals surface area contributed by atoms with Gasteiger partial charge in [-0.1, -0.05) is 36.4 Å². The van der Waals surface area contributed by atoms with Crippen LogP contribution in [0.5, 0.6) is 0 Å². The second kappa shape index (κ2) is 8.62. The molecule has 0 bridgehead atoms. The molecule has 0 saturated carbocycles. The number of Topliss-reactive ketones (excluding diaryl/α,β-unsaturated/α-hetero) is 1. The largest absolute Gasteiger partial charge is 0.340 e. The molecule has 0 radical (unpaired) electrons. The number of hydrogen-bond donors (Lipinski definition) is 1. The molecular weight excluding hydrogens is 386 g/mol. The molecule has 0 unspecified atom stereocenters. The van der Waals surface area contributed by atoms with Gasteiger partial charge in [0.1, 0.15) is 17.9 Å². The second-order valence-corrected chi connectivity index (χ2v) is 7.79. The number of likely N-dealkylation sites (tertiary alicyclic amines) is 1. The Morgan fingerprint density at radius 3 is 2.74 bits per heavy atom. The van der Waals surface area contributed by atoms with Crippen molar-refractivity contribution in [3.63, 3.8) is 0 Å². The lowest BCUT2D eigenvalue weighted by Gasteiger charge is -2.26. The maximum absolute atomic E-state index is 11.6. The van der Waals surface area contributed by atoms with Crippen LogP contribution in [0.2, 0.25) is 0 Å². The summed E-state index contributed by atoms with van der Waals surface area (Å²) < 4.78 is 0. The highest BCUT2D eigenvalue weighted by Gasteiger charge is 2.18. The van der Waals surface area contributed by atoms with Crippen LogP contribution in [0, 0.1) is 0 Å². The zero-order valence-corrected chi connectivity index (χ0v) is 17.2. The molecule has 0 atom stereocenters. The number of piperidine rings is 1. The van der Waals surface area contributed by atoms with E-state index in [1.165, 1.54) is 5.56 Å². The summed E-state index contributed by atoms with van der Waals surface area (Å²) in [5.74, 6) is 1.10. The lowest BCUT2D eigenvalue weighted by Crippen LogP contribution is -2.33. The van der Waals surface area contributed by atoms with E-state index >= 15 is 0 Å². The van der Waals surface area contributed by atoms with Gasteiger partial charge in [-0.15, -0.1) is 0 Å². The number of fused-ring (bicyclic) bond motifs is 1. The van der Waals surface area contributed by atoms with Gasteiger partial charge >= 0.3 is 0 Å². The quantitative estimate of drug-likeness (QED) is 0.519. The van der Waals surface area contributed by atoms with Crippen molar-refractivity contribution in [1.82, 2.24) is 19.9 Å². The zero-order valence-electron chi connectivity index (χ0n) is 17.2. The number of nitrogens with one attached hydrogen (secondary N) is 1. The third-order valence-corrected chi connectivity index (χ3v) is 5.71. The van der Waals surface area contributed by atoms with Gasteiger partial charge in [0, 0.05) is 73.0 Å². The van der Waals surface area contributed by atoms with Gasteiger partial charge in [0.05, 0.1) is 5.69 Å². The minimum absolute atomic E-state index is 0.361. The number of rotatable bonds is 5. The van der Waals surface area contributed by atoms with Crippen LogP contribution in [0.3, 0.4) is 0 Å². The van der Waals surface area contributed by atoms with Crippen molar-refractivity contribution in [3.8, 4) is 11.3 Å². The summed E-state index contributed by atoms with van der Waals surface area (Å²) in [4.78, 5) is 27.1. The smallest absolute Gasteiger partial charge is 0.135 e. The molecule has 1 aliphatic rings. The van der Waals surface area contributed by atoms with Crippen LogP contribution in [0.25, 0.3) is 22.0 Å². The maximum Gasteiger partial charge on any atom is 0.135 e. The van der Waals surface area contributed by atoms with Crippen molar-refractivity contribution >= 4 is 28.1 Å². The van der Waals surface area contributed by atoms with E-state index in [0.717, 1.165) is 53.2 Å². The van der Waals surface area contributed by atoms with Crippen LogP contribution in [0.15, 0.2) is 73.3 Å². The van der Waals surface area contributed by atoms with Crippen LogP contribution in [0.1, 0.15) is 18.4 Å². The summed E-state index contributed by atoms with van der Waals surface area (Å²) in [6.07, 6.45) is 6.54. The molecule has 1 aliphatic heterocycles. The lowest BCUT2D eigenvalue weighted by molar-refractivity contribution is -0.121. The Morgan fingerprint density at radius 2 is 1.84 bits per heavy atom. The minimum Gasteiger partial charge on any atom is -0.340 e. The number of carbonyl (C=O) groups excluding carboxylic acids is 1. The highest BCUT2D eigenvalue weighted by molar-refractivity contribution is 5.94. The Kier molecular flexibility index (Phi) is 5.37. The molecule has 3 heterocycles. The number of pyridine rings is 1. The first-order chi connectivity index (χ1) is 15.3. The maximum atomic E-state index is 11.6. The van der Waals surface area contributed by atoms with E-state index in [1.54, 1.807) is 12.5 Å². The van der Waals surface area contributed by atoms with E-state index in [-0.39, 0.29) is 0 Å². The number of aromatic nitrogens is 3. The molecular formula is C25H23N5O. The molecule has 5 rings (SSSR count). The van der Waals surface area contributed by atoms with Crippen LogP contribution >= 0.6 is 0 Å². The van der Waals surface area contributed by atoms with Crippen LogP contribution in [-0.4, -0.2) is 38.7 Å². The number of hydrogen-bond acceptors (Lipinski definition) is 6. The molecule has 1 saturated heterocycles. The van der Waals surface area contributed by atoms with E-state index in [0.29, 0.717) is 18.6 Å². The molecule has 154 valence electrons. The van der Waals surface area contributed by atoms with Gasteiger partial charge < -0.3 is 5.32 Å². The highest BCUT2D eigenvalue weighted by atomic mass is 16.1. The van der Waals surface area contributed by atoms with Crippen molar-refractivity contribution in [2.75, 3.05) is 18.4 Å². The van der Waals surface area contributed by atoms with Crippen LogP contribution in [-0.2, 0) is 11.3 Å². The monoisotopic (exact) mass is 409 g/mol. The second-order valence-electron chi connectivity index (χ2n) is 7.79. The molecule has 2 aromatic carbocycles. The summed E-state index contributed by atoms with van der Waals surface area (Å²) in [7, 11) is 0.